The van der Waals surface area contributed by atoms with Crippen molar-refractivity contribution in [3.05, 3.63) is 34.9 Å². The number of hydrogen-bond acceptors (Lipinski definition) is 2. The zero-order valence-corrected chi connectivity index (χ0v) is 13.9. The third-order valence-electron chi connectivity index (χ3n) is 5.35. The maximum Gasteiger partial charge on any atom is 0.0247 e. The van der Waals surface area contributed by atoms with Crippen LogP contribution in [0, 0.1) is 5.92 Å². The molecule has 2 unspecified atom stereocenters. The number of piperazine rings is 1. The molecule has 1 N–H and O–H groups in total. The van der Waals surface area contributed by atoms with Gasteiger partial charge in [-0.15, -0.1) is 0 Å². The van der Waals surface area contributed by atoms with Gasteiger partial charge >= 0.3 is 0 Å². The van der Waals surface area contributed by atoms with Crippen LogP contribution in [0.25, 0.3) is 0 Å². The second-order valence-electron chi connectivity index (χ2n) is 7.21. The molecule has 21 heavy (non-hydrogen) atoms. The third-order valence-corrected chi connectivity index (χ3v) is 5.35. The molecule has 1 heterocycles. The van der Waals surface area contributed by atoms with Gasteiger partial charge in [0.2, 0.25) is 0 Å². The molecule has 2 aliphatic rings. The molecule has 1 aromatic rings. The number of benzene rings is 1. The van der Waals surface area contributed by atoms with E-state index in [-0.39, 0.29) is 0 Å². The molecule has 0 radical (unpaired) electrons. The number of nitrogens with one attached hydrogen (secondary N) is 1. The highest BCUT2D eigenvalue weighted by atomic mass is 15.2. The predicted octanol–water partition coefficient (Wildman–Crippen LogP) is 3.38. The van der Waals surface area contributed by atoms with Crippen molar-refractivity contribution in [2.75, 3.05) is 13.1 Å². The van der Waals surface area contributed by atoms with Crippen molar-refractivity contribution in [2.45, 2.75) is 65.1 Å². The van der Waals surface area contributed by atoms with Crippen molar-refractivity contribution in [1.29, 1.82) is 0 Å². The molecule has 1 aliphatic carbocycles. The van der Waals surface area contributed by atoms with Crippen molar-refractivity contribution in [2.24, 2.45) is 5.92 Å². The van der Waals surface area contributed by atoms with Crippen LogP contribution in [0.5, 0.6) is 0 Å². The molecule has 0 amide bonds. The zero-order valence-electron chi connectivity index (χ0n) is 13.9. The molecule has 2 heteroatoms. The highest BCUT2D eigenvalue weighted by Gasteiger charge is 2.29. The number of nitrogens with zero attached hydrogens (tertiary/aromatic N) is 1. The molecule has 3 rings (SSSR count). The predicted molar refractivity (Wildman–Crippen MR) is 89.6 cm³/mol. The topological polar surface area (TPSA) is 15.3 Å². The minimum absolute atomic E-state index is 0.662. The van der Waals surface area contributed by atoms with Crippen LogP contribution in [-0.4, -0.2) is 30.1 Å². The third kappa shape index (κ3) is 3.32. The Morgan fingerprint density at radius 3 is 2.81 bits per heavy atom. The molecule has 116 valence electrons. The van der Waals surface area contributed by atoms with E-state index in [1.54, 1.807) is 11.1 Å². The van der Waals surface area contributed by atoms with Crippen LogP contribution in [0.4, 0.5) is 0 Å². The van der Waals surface area contributed by atoms with Crippen molar-refractivity contribution >= 4 is 0 Å². The van der Waals surface area contributed by atoms with Gasteiger partial charge in [-0.05, 0) is 48.3 Å². The Balaban J connectivity index is 1.73. The first kappa shape index (κ1) is 15.1. The van der Waals surface area contributed by atoms with Crippen LogP contribution in [0.1, 0.15) is 50.3 Å². The fourth-order valence-electron chi connectivity index (χ4n) is 3.97. The summed E-state index contributed by atoms with van der Waals surface area (Å²) in [6.07, 6.45) is 5.15. The molecule has 1 aromatic carbocycles. The summed E-state index contributed by atoms with van der Waals surface area (Å²) < 4.78 is 0. The summed E-state index contributed by atoms with van der Waals surface area (Å²) >= 11 is 0. The van der Waals surface area contributed by atoms with Gasteiger partial charge in [-0.1, -0.05) is 39.0 Å². The van der Waals surface area contributed by atoms with Crippen LogP contribution in [0.15, 0.2) is 18.2 Å². The first-order valence-electron chi connectivity index (χ1n) is 8.75. The molecular formula is C19H30N2. The standard InChI is InChI=1S/C19H30N2/c1-4-18-13-21(19(11-20-18)14(2)3)12-15-8-9-16-6-5-7-17(16)10-15/h8-10,14,18-20H,4-7,11-13H2,1-3H3. The maximum atomic E-state index is 3.72. The average molecular weight is 286 g/mol. The lowest BCUT2D eigenvalue weighted by atomic mass is 9.96. The highest BCUT2D eigenvalue weighted by molar-refractivity contribution is 5.35. The monoisotopic (exact) mass is 286 g/mol. The molecule has 0 bridgehead atoms. The summed E-state index contributed by atoms with van der Waals surface area (Å²) in [5, 5.41) is 3.72. The first-order valence-corrected chi connectivity index (χ1v) is 8.75. The SMILES string of the molecule is CCC1CN(Cc2ccc3c(c2)CCC3)C(C(C)C)CN1. The second-order valence-corrected chi connectivity index (χ2v) is 7.21. The van der Waals surface area contributed by atoms with E-state index in [9.17, 15) is 0 Å². The van der Waals surface area contributed by atoms with Crippen LogP contribution in [0.3, 0.4) is 0 Å². The van der Waals surface area contributed by atoms with Crippen molar-refractivity contribution < 1.29 is 0 Å². The lowest BCUT2D eigenvalue weighted by molar-refractivity contribution is 0.0900. The Kier molecular flexibility index (Phi) is 4.66. The van der Waals surface area contributed by atoms with Crippen molar-refractivity contribution in [3.8, 4) is 0 Å². The Bertz CT molecular complexity index is 480. The van der Waals surface area contributed by atoms with Gasteiger partial charge in [-0.2, -0.15) is 0 Å². The maximum absolute atomic E-state index is 3.72. The van der Waals surface area contributed by atoms with Crippen LogP contribution >= 0.6 is 0 Å². The normalized spacial score (nSPS) is 26.3. The molecular weight excluding hydrogens is 256 g/mol. The fourth-order valence-corrected chi connectivity index (χ4v) is 3.97. The average Bonchev–Trinajstić information content (AvgIpc) is 2.94. The highest BCUT2D eigenvalue weighted by Crippen LogP contribution is 2.25. The van der Waals surface area contributed by atoms with E-state index in [2.05, 4.69) is 49.2 Å². The molecule has 0 spiro atoms. The van der Waals surface area contributed by atoms with Crippen molar-refractivity contribution in [3.63, 3.8) is 0 Å². The lowest BCUT2D eigenvalue weighted by Gasteiger charge is -2.42. The summed E-state index contributed by atoms with van der Waals surface area (Å²) in [5.41, 5.74) is 4.71. The molecule has 1 aliphatic heterocycles. The second kappa shape index (κ2) is 6.50. The summed E-state index contributed by atoms with van der Waals surface area (Å²) in [5.74, 6) is 0.713. The van der Waals surface area contributed by atoms with Gasteiger partial charge in [0.05, 0.1) is 0 Å². The van der Waals surface area contributed by atoms with Crippen LogP contribution < -0.4 is 5.32 Å². The Morgan fingerprint density at radius 2 is 2.05 bits per heavy atom. The van der Waals surface area contributed by atoms with Gasteiger partial charge in [0.15, 0.2) is 0 Å². The van der Waals surface area contributed by atoms with Gasteiger partial charge in [0.25, 0.3) is 0 Å². The smallest absolute Gasteiger partial charge is 0.0247 e. The first-order chi connectivity index (χ1) is 10.2. The quantitative estimate of drug-likeness (QED) is 0.913. The van der Waals surface area contributed by atoms with E-state index in [1.807, 2.05) is 0 Å². The molecule has 0 aromatic heterocycles. The minimum atomic E-state index is 0.662. The molecule has 0 saturated carbocycles. The van der Waals surface area contributed by atoms with E-state index in [0.717, 1.165) is 13.1 Å². The number of rotatable bonds is 4. The van der Waals surface area contributed by atoms with E-state index in [4.69, 9.17) is 0 Å². The van der Waals surface area contributed by atoms with E-state index < -0.39 is 0 Å². The van der Waals surface area contributed by atoms with E-state index >= 15 is 0 Å². The number of aryl methyl sites for hydroxylation is 2. The van der Waals surface area contributed by atoms with Gasteiger partial charge in [-0.25, -0.2) is 0 Å². The Morgan fingerprint density at radius 1 is 1.24 bits per heavy atom. The molecule has 2 atom stereocenters. The van der Waals surface area contributed by atoms with Gasteiger partial charge in [0.1, 0.15) is 0 Å². The molecule has 1 fully saturated rings. The van der Waals surface area contributed by atoms with E-state index in [0.29, 0.717) is 18.0 Å². The van der Waals surface area contributed by atoms with E-state index in [1.165, 1.54) is 37.8 Å². The minimum Gasteiger partial charge on any atom is -0.311 e. The van der Waals surface area contributed by atoms with Crippen LogP contribution in [-0.2, 0) is 19.4 Å². The summed E-state index contributed by atoms with van der Waals surface area (Å²) in [7, 11) is 0. The Labute approximate surface area is 129 Å². The largest absolute Gasteiger partial charge is 0.311 e. The molecule has 1 saturated heterocycles. The van der Waals surface area contributed by atoms with Gasteiger partial charge in [-0.3, -0.25) is 4.90 Å². The van der Waals surface area contributed by atoms with Gasteiger partial charge < -0.3 is 5.32 Å². The zero-order chi connectivity index (χ0) is 14.8. The summed E-state index contributed by atoms with van der Waals surface area (Å²) in [6.45, 7) is 10.5. The van der Waals surface area contributed by atoms with Crippen molar-refractivity contribution in [1.82, 2.24) is 10.2 Å². The number of fused-ring (bicyclic) bond motifs is 1. The number of hydrogen-bond donors (Lipinski definition) is 1. The fraction of sp³-hybridized carbons (Fsp3) is 0.684. The lowest BCUT2D eigenvalue weighted by Crippen LogP contribution is -2.57. The summed E-state index contributed by atoms with van der Waals surface area (Å²) in [4.78, 5) is 2.71. The van der Waals surface area contributed by atoms with Crippen LogP contribution in [0.2, 0.25) is 0 Å². The summed E-state index contributed by atoms with van der Waals surface area (Å²) in [6, 6.07) is 8.55. The van der Waals surface area contributed by atoms with Gasteiger partial charge in [0, 0.05) is 31.7 Å². The Hall–Kier alpha value is -0.860. The molecule has 2 nitrogen and oxygen atoms in total.